The number of halogens is 2. The van der Waals surface area contributed by atoms with Crippen molar-refractivity contribution in [2.45, 2.75) is 5.09 Å². The summed E-state index contributed by atoms with van der Waals surface area (Å²) in [6.45, 7) is 0. The van der Waals surface area contributed by atoms with E-state index in [9.17, 15) is 13.2 Å². The lowest BCUT2D eigenvalue weighted by Gasteiger charge is -2.07. The zero-order valence-electron chi connectivity index (χ0n) is 9.98. The SMILES string of the molecule is CN(C)S(=O)(=O)c1ccc(C(=O)NC(N)=C(Cl)Cl)o1. The van der Waals surface area contributed by atoms with E-state index in [-0.39, 0.29) is 21.2 Å². The third-order valence-corrected chi connectivity index (χ3v) is 4.09. The first-order valence-corrected chi connectivity index (χ1v) is 7.00. The van der Waals surface area contributed by atoms with E-state index in [2.05, 4.69) is 5.32 Å². The Hall–Kier alpha value is -1.22. The van der Waals surface area contributed by atoms with Crippen LogP contribution in [0.4, 0.5) is 0 Å². The van der Waals surface area contributed by atoms with Crippen molar-refractivity contribution < 1.29 is 17.6 Å². The van der Waals surface area contributed by atoms with Gasteiger partial charge in [-0.05, 0) is 12.1 Å². The van der Waals surface area contributed by atoms with Crippen molar-refractivity contribution in [3.05, 3.63) is 28.2 Å². The molecule has 1 amide bonds. The number of nitrogens with one attached hydrogen (secondary N) is 1. The Morgan fingerprint density at radius 3 is 2.42 bits per heavy atom. The van der Waals surface area contributed by atoms with Crippen molar-refractivity contribution >= 4 is 39.1 Å². The van der Waals surface area contributed by atoms with Crippen LogP contribution in [0.25, 0.3) is 0 Å². The maximum Gasteiger partial charge on any atom is 0.292 e. The molecule has 0 radical (unpaired) electrons. The molecule has 0 unspecified atom stereocenters. The molecule has 10 heteroatoms. The van der Waals surface area contributed by atoms with E-state index < -0.39 is 15.9 Å². The van der Waals surface area contributed by atoms with Gasteiger partial charge in [-0.2, -0.15) is 0 Å². The van der Waals surface area contributed by atoms with Gasteiger partial charge in [-0.15, -0.1) is 0 Å². The van der Waals surface area contributed by atoms with E-state index in [1.807, 2.05) is 0 Å². The number of sulfonamides is 1. The van der Waals surface area contributed by atoms with Crippen LogP contribution in [-0.4, -0.2) is 32.7 Å². The molecule has 19 heavy (non-hydrogen) atoms. The fourth-order valence-electron chi connectivity index (χ4n) is 0.992. The standard InChI is InChI=1S/C9H11Cl2N3O4S/c1-14(2)19(16,17)6-4-3-5(18-6)9(15)13-8(12)7(10)11/h3-4H,12H2,1-2H3,(H,13,15). The normalized spacial score (nSPS) is 11.4. The van der Waals surface area contributed by atoms with Crippen molar-refractivity contribution in [1.82, 2.24) is 9.62 Å². The molecule has 1 aromatic heterocycles. The Morgan fingerprint density at radius 2 is 1.95 bits per heavy atom. The summed E-state index contributed by atoms with van der Waals surface area (Å²) >= 11 is 10.7. The molecule has 1 heterocycles. The van der Waals surface area contributed by atoms with Gasteiger partial charge in [0.2, 0.25) is 5.09 Å². The largest absolute Gasteiger partial charge is 0.438 e. The Bertz CT molecular complexity index is 617. The van der Waals surface area contributed by atoms with E-state index in [0.29, 0.717) is 0 Å². The van der Waals surface area contributed by atoms with E-state index in [4.69, 9.17) is 33.4 Å². The minimum atomic E-state index is -3.74. The fourth-order valence-corrected chi connectivity index (χ4v) is 1.88. The molecule has 0 aliphatic carbocycles. The van der Waals surface area contributed by atoms with E-state index >= 15 is 0 Å². The molecule has 0 aliphatic heterocycles. The first-order chi connectivity index (χ1) is 8.66. The topological polar surface area (TPSA) is 106 Å². The Balaban J connectivity index is 2.99. The molecule has 0 aliphatic rings. The number of nitrogens with zero attached hydrogens (tertiary/aromatic N) is 1. The molecule has 0 saturated heterocycles. The van der Waals surface area contributed by atoms with Gasteiger partial charge < -0.3 is 15.5 Å². The number of nitrogens with two attached hydrogens (primary N) is 1. The van der Waals surface area contributed by atoms with Crippen LogP contribution in [-0.2, 0) is 10.0 Å². The van der Waals surface area contributed by atoms with E-state index in [1.54, 1.807) is 0 Å². The zero-order valence-corrected chi connectivity index (χ0v) is 12.3. The number of hydrogen-bond donors (Lipinski definition) is 2. The predicted octanol–water partition coefficient (Wildman–Crippen LogP) is 0.823. The van der Waals surface area contributed by atoms with Gasteiger partial charge in [-0.25, -0.2) is 12.7 Å². The van der Waals surface area contributed by atoms with Gasteiger partial charge in [0.1, 0.15) is 10.3 Å². The van der Waals surface area contributed by atoms with Gasteiger partial charge in [0.05, 0.1) is 0 Å². The Kier molecular flexibility index (Phi) is 4.86. The summed E-state index contributed by atoms with van der Waals surface area (Å²) < 4.78 is 29.0. The van der Waals surface area contributed by atoms with Crippen molar-refractivity contribution in [1.29, 1.82) is 0 Å². The third-order valence-electron chi connectivity index (χ3n) is 1.99. The highest BCUT2D eigenvalue weighted by molar-refractivity contribution is 7.88. The number of carbonyl (C=O) groups excluding carboxylic acids is 1. The molecule has 3 N–H and O–H groups in total. The monoisotopic (exact) mass is 327 g/mol. The van der Waals surface area contributed by atoms with Gasteiger partial charge in [0.15, 0.2) is 5.76 Å². The van der Waals surface area contributed by atoms with Crippen LogP contribution < -0.4 is 11.1 Å². The lowest BCUT2D eigenvalue weighted by molar-refractivity contribution is 0.0932. The minimum Gasteiger partial charge on any atom is -0.438 e. The molecule has 0 spiro atoms. The van der Waals surface area contributed by atoms with E-state index in [0.717, 1.165) is 10.4 Å². The van der Waals surface area contributed by atoms with Crippen LogP contribution in [0.15, 0.2) is 32.0 Å². The molecule has 0 atom stereocenters. The average molecular weight is 328 g/mol. The number of furan rings is 1. The smallest absolute Gasteiger partial charge is 0.292 e. The summed E-state index contributed by atoms with van der Waals surface area (Å²) in [5, 5.41) is 1.78. The van der Waals surface area contributed by atoms with Gasteiger partial charge in [0, 0.05) is 14.1 Å². The van der Waals surface area contributed by atoms with Crippen molar-refractivity contribution in [2.75, 3.05) is 14.1 Å². The average Bonchev–Trinajstić information content (AvgIpc) is 2.78. The van der Waals surface area contributed by atoms with Crippen molar-refractivity contribution in [2.24, 2.45) is 5.73 Å². The van der Waals surface area contributed by atoms with Crippen LogP contribution in [0.5, 0.6) is 0 Å². The number of rotatable bonds is 4. The van der Waals surface area contributed by atoms with Crippen LogP contribution >= 0.6 is 23.2 Å². The van der Waals surface area contributed by atoms with Gasteiger partial charge in [-0.3, -0.25) is 4.79 Å². The van der Waals surface area contributed by atoms with Crippen LogP contribution in [0.2, 0.25) is 0 Å². The second-order valence-electron chi connectivity index (χ2n) is 3.53. The maximum atomic E-state index is 11.7. The molecular weight excluding hydrogens is 317 g/mol. The third kappa shape index (κ3) is 3.63. The van der Waals surface area contributed by atoms with Crippen LogP contribution in [0.3, 0.4) is 0 Å². The first-order valence-electron chi connectivity index (χ1n) is 4.80. The first kappa shape index (κ1) is 15.8. The zero-order chi connectivity index (χ0) is 14.8. The van der Waals surface area contributed by atoms with Gasteiger partial charge >= 0.3 is 0 Å². The molecule has 7 nitrogen and oxygen atoms in total. The summed E-state index contributed by atoms with van der Waals surface area (Å²) in [4.78, 5) is 11.6. The summed E-state index contributed by atoms with van der Waals surface area (Å²) in [7, 11) is -1.07. The molecular formula is C9H11Cl2N3O4S. The Morgan fingerprint density at radius 1 is 1.37 bits per heavy atom. The second kappa shape index (κ2) is 5.83. The summed E-state index contributed by atoms with van der Waals surface area (Å²) in [6, 6.07) is 2.35. The highest BCUT2D eigenvalue weighted by Gasteiger charge is 2.23. The van der Waals surface area contributed by atoms with E-state index in [1.165, 1.54) is 20.2 Å². The number of carbonyl (C=O) groups is 1. The van der Waals surface area contributed by atoms with Crippen LogP contribution in [0, 0.1) is 0 Å². The molecule has 1 rings (SSSR count). The molecule has 1 aromatic rings. The quantitative estimate of drug-likeness (QED) is 0.851. The summed E-state index contributed by atoms with van der Waals surface area (Å²) in [5.41, 5.74) is 5.31. The lowest BCUT2D eigenvalue weighted by Crippen LogP contribution is -2.27. The molecule has 0 fully saturated rings. The van der Waals surface area contributed by atoms with Crippen molar-refractivity contribution in [3.8, 4) is 0 Å². The second-order valence-corrected chi connectivity index (χ2v) is 6.57. The maximum absolute atomic E-state index is 11.7. The van der Waals surface area contributed by atoms with Gasteiger partial charge in [-0.1, -0.05) is 23.2 Å². The minimum absolute atomic E-state index is 0.238. The van der Waals surface area contributed by atoms with Crippen LogP contribution in [0.1, 0.15) is 10.6 Å². The molecule has 106 valence electrons. The molecule has 0 aromatic carbocycles. The number of amides is 1. The highest BCUT2D eigenvalue weighted by Crippen LogP contribution is 2.17. The highest BCUT2D eigenvalue weighted by atomic mass is 35.5. The molecule has 0 saturated carbocycles. The predicted molar refractivity (Wildman–Crippen MR) is 70.0 cm³/mol. The lowest BCUT2D eigenvalue weighted by atomic mass is 10.4. The number of hydrogen-bond acceptors (Lipinski definition) is 5. The summed E-state index contributed by atoms with van der Waals surface area (Å²) in [6.07, 6.45) is 0. The van der Waals surface area contributed by atoms with Gasteiger partial charge in [0.25, 0.3) is 15.9 Å². The Labute approximate surface area is 120 Å². The summed E-state index contributed by atoms with van der Waals surface area (Å²) in [5.74, 6) is -1.27. The molecule has 0 bridgehead atoms. The fraction of sp³-hybridized carbons (Fsp3) is 0.222. The van der Waals surface area contributed by atoms with Crippen molar-refractivity contribution in [3.63, 3.8) is 0 Å².